The molecule has 15 heavy (non-hydrogen) atoms. The van der Waals surface area contributed by atoms with Crippen LogP contribution in [-0.2, 0) is 0 Å². The third-order valence-corrected chi connectivity index (χ3v) is 2.87. The summed E-state index contributed by atoms with van der Waals surface area (Å²) in [7, 11) is 0. The summed E-state index contributed by atoms with van der Waals surface area (Å²) in [6.45, 7) is 11.5. The van der Waals surface area contributed by atoms with Crippen LogP contribution in [0, 0.1) is 11.8 Å². The topological polar surface area (TPSA) is 61.8 Å². The first kappa shape index (κ1) is 14.2. The van der Waals surface area contributed by atoms with Gasteiger partial charge in [0, 0.05) is 19.0 Å². The SMILES string of the molecule is CCC(C)CN(CC)CC(C)C(N)=NO. The molecule has 0 bridgehead atoms. The molecule has 90 valence electrons. The lowest BCUT2D eigenvalue weighted by molar-refractivity contribution is 0.230. The van der Waals surface area contributed by atoms with Crippen molar-refractivity contribution in [2.45, 2.75) is 34.1 Å². The molecule has 0 saturated heterocycles. The largest absolute Gasteiger partial charge is 0.409 e. The highest BCUT2D eigenvalue weighted by Crippen LogP contribution is 2.07. The molecule has 4 heteroatoms. The van der Waals surface area contributed by atoms with Gasteiger partial charge in [-0.3, -0.25) is 0 Å². The predicted octanol–water partition coefficient (Wildman–Crippen LogP) is 1.74. The van der Waals surface area contributed by atoms with Gasteiger partial charge in [-0.15, -0.1) is 0 Å². The number of hydrogen-bond donors (Lipinski definition) is 2. The molecule has 0 heterocycles. The van der Waals surface area contributed by atoms with Crippen molar-refractivity contribution in [2.24, 2.45) is 22.7 Å². The summed E-state index contributed by atoms with van der Waals surface area (Å²) in [6, 6.07) is 0. The summed E-state index contributed by atoms with van der Waals surface area (Å²) in [6.07, 6.45) is 1.19. The minimum atomic E-state index is 0.110. The van der Waals surface area contributed by atoms with Crippen molar-refractivity contribution in [3.05, 3.63) is 0 Å². The lowest BCUT2D eigenvalue weighted by Gasteiger charge is -2.26. The Morgan fingerprint density at radius 3 is 2.33 bits per heavy atom. The number of hydrogen-bond acceptors (Lipinski definition) is 3. The summed E-state index contributed by atoms with van der Waals surface area (Å²) >= 11 is 0. The molecule has 0 fully saturated rings. The molecule has 0 aromatic carbocycles. The second-order valence-electron chi connectivity index (χ2n) is 4.29. The molecule has 4 nitrogen and oxygen atoms in total. The van der Waals surface area contributed by atoms with Gasteiger partial charge < -0.3 is 15.8 Å². The first-order valence-electron chi connectivity index (χ1n) is 5.74. The molecule has 0 rings (SSSR count). The predicted molar refractivity (Wildman–Crippen MR) is 64.1 cm³/mol. The molecular weight excluding hydrogens is 190 g/mol. The first-order valence-corrected chi connectivity index (χ1v) is 5.74. The Hall–Kier alpha value is -0.770. The Labute approximate surface area is 93.1 Å². The molecule has 0 radical (unpaired) electrons. The Balaban J connectivity index is 4.09. The van der Waals surface area contributed by atoms with Crippen LogP contribution in [0.3, 0.4) is 0 Å². The van der Waals surface area contributed by atoms with Gasteiger partial charge in [0.25, 0.3) is 0 Å². The van der Waals surface area contributed by atoms with E-state index in [1.54, 1.807) is 0 Å². The fourth-order valence-corrected chi connectivity index (χ4v) is 1.48. The van der Waals surface area contributed by atoms with E-state index < -0.39 is 0 Å². The van der Waals surface area contributed by atoms with Crippen molar-refractivity contribution in [3.8, 4) is 0 Å². The van der Waals surface area contributed by atoms with Crippen LogP contribution in [0.25, 0.3) is 0 Å². The third-order valence-electron chi connectivity index (χ3n) is 2.87. The molecule has 2 unspecified atom stereocenters. The van der Waals surface area contributed by atoms with Crippen molar-refractivity contribution in [3.63, 3.8) is 0 Å². The van der Waals surface area contributed by atoms with Crippen molar-refractivity contribution >= 4 is 5.84 Å². The zero-order chi connectivity index (χ0) is 11.8. The molecule has 0 amide bonds. The molecule has 0 aliphatic carbocycles. The van der Waals surface area contributed by atoms with Gasteiger partial charge in [0.1, 0.15) is 5.84 Å². The summed E-state index contributed by atoms with van der Waals surface area (Å²) in [5.41, 5.74) is 5.56. The van der Waals surface area contributed by atoms with E-state index in [1.165, 1.54) is 6.42 Å². The van der Waals surface area contributed by atoms with Crippen molar-refractivity contribution < 1.29 is 5.21 Å². The van der Waals surface area contributed by atoms with Gasteiger partial charge in [0.05, 0.1) is 0 Å². The number of amidine groups is 1. The highest BCUT2D eigenvalue weighted by molar-refractivity contribution is 5.82. The van der Waals surface area contributed by atoms with Gasteiger partial charge in [-0.05, 0) is 12.5 Å². The van der Waals surface area contributed by atoms with Crippen molar-refractivity contribution in [1.29, 1.82) is 0 Å². The van der Waals surface area contributed by atoms with Gasteiger partial charge in [0.2, 0.25) is 0 Å². The maximum atomic E-state index is 8.56. The van der Waals surface area contributed by atoms with E-state index >= 15 is 0 Å². The monoisotopic (exact) mass is 215 g/mol. The summed E-state index contributed by atoms with van der Waals surface area (Å²) in [5, 5.41) is 11.6. The fraction of sp³-hybridized carbons (Fsp3) is 0.909. The Morgan fingerprint density at radius 2 is 1.93 bits per heavy atom. The van der Waals surface area contributed by atoms with E-state index in [9.17, 15) is 0 Å². The van der Waals surface area contributed by atoms with Gasteiger partial charge in [0.15, 0.2) is 0 Å². The van der Waals surface area contributed by atoms with E-state index in [1.807, 2.05) is 6.92 Å². The quantitative estimate of drug-likeness (QED) is 0.294. The van der Waals surface area contributed by atoms with E-state index in [4.69, 9.17) is 10.9 Å². The van der Waals surface area contributed by atoms with Crippen LogP contribution < -0.4 is 5.73 Å². The molecule has 0 aromatic rings. The Morgan fingerprint density at radius 1 is 1.33 bits per heavy atom. The van der Waals surface area contributed by atoms with Gasteiger partial charge in [-0.2, -0.15) is 0 Å². The molecule has 3 N–H and O–H groups in total. The zero-order valence-corrected chi connectivity index (χ0v) is 10.4. The highest BCUT2D eigenvalue weighted by atomic mass is 16.4. The molecule has 0 aliphatic rings. The molecule has 0 saturated carbocycles. The average molecular weight is 215 g/mol. The lowest BCUT2D eigenvalue weighted by atomic mass is 10.1. The number of oxime groups is 1. The summed E-state index contributed by atoms with van der Waals surface area (Å²) < 4.78 is 0. The minimum absolute atomic E-state index is 0.110. The summed E-state index contributed by atoms with van der Waals surface area (Å²) in [4.78, 5) is 2.34. The fourth-order valence-electron chi connectivity index (χ4n) is 1.48. The molecular formula is C11H25N3O. The second-order valence-corrected chi connectivity index (χ2v) is 4.29. The van der Waals surface area contributed by atoms with Gasteiger partial charge in [-0.25, -0.2) is 0 Å². The molecule has 2 atom stereocenters. The first-order chi connectivity index (χ1) is 7.04. The average Bonchev–Trinajstić information content (AvgIpc) is 2.26. The van der Waals surface area contributed by atoms with Crippen LogP contribution in [0.5, 0.6) is 0 Å². The molecule has 0 aromatic heterocycles. The van der Waals surface area contributed by atoms with Crippen LogP contribution >= 0.6 is 0 Å². The van der Waals surface area contributed by atoms with E-state index in [2.05, 4.69) is 30.8 Å². The smallest absolute Gasteiger partial charge is 0.143 e. The summed E-state index contributed by atoms with van der Waals surface area (Å²) in [5.74, 6) is 1.13. The minimum Gasteiger partial charge on any atom is -0.409 e. The van der Waals surface area contributed by atoms with Gasteiger partial charge >= 0.3 is 0 Å². The maximum Gasteiger partial charge on any atom is 0.143 e. The van der Waals surface area contributed by atoms with E-state index in [0.29, 0.717) is 11.8 Å². The van der Waals surface area contributed by atoms with Gasteiger partial charge in [-0.1, -0.05) is 39.3 Å². The Bertz CT molecular complexity index is 194. The second kappa shape index (κ2) is 7.51. The number of nitrogens with zero attached hydrogens (tertiary/aromatic N) is 2. The van der Waals surface area contributed by atoms with Crippen molar-refractivity contribution in [1.82, 2.24) is 4.90 Å². The molecule has 0 spiro atoms. The van der Waals surface area contributed by atoms with Crippen LogP contribution in [0.1, 0.15) is 34.1 Å². The molecule has 0 aliphatic heterocycles. The van der Waals surface area contributed by atoms with Crippen LogP contribution in [0.15, 0.2) is 5.16 Å². The van der Waals surface area contributed by atoms with E-state index in [0.717, 1.165) is 19.6 Å². The highest BCUT2D eigenvalue weighted by Gasteiger charge is 2.14. The van der Waals surface area contributed by atoms with Crippen LogP contribution in [0.4, 0.5) is 0 Å². The number of nitrogens with two attached hydrogens (primary N) is 1. The Kier molecular flexibility index (Phi) is 7.13. The van der Waals surface area contributed by atoms with Crippen LogP contribution in [-0.4, -0.2) is 35.6 Å². The van der Waals surface area contributed by atoms with Crippen LogP contribution in [0.2, 0.25) is 0 Å². The zero-order valence-electron chi connectivity index (χ0n) is 10.4. The maximum absolute atomic E-state index is 8.56. The normalized spacial score (nSPS) is 16.7. The third kappa shape index (κ3) is 5.62. The van der Waals surface area contributed by atoms with E-state index in [-0.39, 0.29) is 5.92 Å². The van der Waals surface area contributed by atoms with Crippen molar-refractivity contribution in [2.75, 3.05) is 19.6 Å². The standard InChI is InChI=1S/C11H25N3O/c1-5-9(3)7-14(6-2)8-10(4)11(12)13-15/h9-10,15H,5-8H2,1-4H3,(H2,12,13). The number of rotatable bonds is 7. The lowest BCUT2D eigenvalue weighted by Crippen LogP contribution is -2.37.